The predicted molar refractivity (Wildman–Crippen MR) is 120 cm³/mol. The standard InChI is InChI=1S/C26H23NS/c1-3-11-21(12-4-1)26(22-13-5-2-6-14-22)27-18-23(19-27)28-25-17-9-15-20-10-7-8-16-24(20)25/h1-17,23,26H,18-19H2. The fourth-order valence-corrected chi connectivity index (χ4v) is 5.48. The molecule has 1 aliphatic rings. The molecule has 0 atom stereocenters. The van der Waals surface area contributed by atoms with Gasteiger partial charge in [-0.15, -0.1) is 11.8 Å². The highest BCUT2D eigenvalue weighted by atomic mass is 32.2. The Hall–Kier alpha value is -2.55. The van der Waals surface area contributed by atoms with Crippen LogP contribution in [0.5, 0.6) is 0 Å². The van der Waals surface area contributed by atoms with Crippen molar-refractivity contribution >= 4 is 22.5 Å². The first kappa shape index (κ1) is 17.5. The van der Waals surface area contributed by atoms with Gasteiger partial charge in [0.15, 0.2) is 0 Å². The van der Waals surface area contributed by atoms with Crippen LogP contribution in [0, 0.1) is 0 Å². The van der Waals surface area contributed by atoms with Gasteiger partial charge in [0.05, 0.1) is 6.04 Å². The lowest BCUT2D eigenvalue weighted by Gasteiger charge is -2.44. The van der Waals surface area contributed by atoms with E-state index in [2.05, 4.69) is 108 Å². The second-order valence-corrected chi connectivity index (χ2v) is 8.74. The lowest BCUT2D eigenvalue weighted by molar-refractivity contribution is 0.148. The Morgan fingerprint density at radius 3 is 1.89 bits per heavy atom. The number of hydrogen-bond acceptors (Lipinski definition) is 2. The van der Waals surface area contributed by atoms with Crippen LogP contribution in [0.4, 0.5) is 0 Å². The summed E-state index contributed by atoms with van der Waals surface area (Å²) in [6.07, 6.45) is 0. The van der Waals surface area contributed by atoms with Gasteiger partial charge < -0.3 is 0 Å². The second-order valence-electron chi connectivity index (χ2n) is 7.39. The minimum absolute atomic E-state index is 0.340. The molecule has 4 aromatic rings. The summed E-state index contributed by atoms with van der Waals surface area (Å²) in [7, 11) is 0. The van der Waals surface area contributed by atoms with E-state index in [4.69, 9.17) is 0 Å². The van der Waals surface area contributed by atoms with Gasteiger partial charge in [0.2, 0.25) is 0 Å². The first-order valence-electron chi connectivity index (χ1n) is 9.87. The molecule has 2 heteroatoms. The summed E-state index contributed by atoms with van der Waals surface area (Å²) in [5.41, 5.74) is 2.75. The van der Waals surface area contributed by atoms with Gasteiger partial charge in [-0.2, -0.15) is 0 Å². The third kappa shape index (κ3) is 3.46. The maximum absolute atomic E-state index is 2.60. The summed E-state index contributed by atoms with van der Waals surface area (Å²) in [6, 6.07) is 37.5. The smallest absolute Gasteiger partial charge is 0.0602 e. The molecule has 0 bridgehead atoms. The maximum Gasteiger partial charge on any atom is 0.0602 e. The lowest BCUT2D eigenvalue weighted by atomic mass is 9.94. The normalized spacial score (nSPS) is 15.0. The molecular formula is C26H23NS. The fraction of sp³-hybridized carbons (Fsp3) is 0.154. The number of likely N-dealkylation sites (tertiary alicyclic amines) is 1. The summed E-state index contributed by atoms with van der Waals surface area (Å²) >= 11 is 2.03. The molecule has 138 valence electrons. The molecule has 1 saturated heterocycles. The monoisotopic (exact) mass is 381 g/mol. The predicted octanol–water partition coefficient (Wildman–Crippen LogP) is 6.41. The molecule has 0 N–H and O–H groups in total. The van der Waals surface area contributed by atoms with Crippen LogP contribution in [0.2, 0.25) is 0 Å². The van der Waals surface area contributed by atoms with Crippen LogP contribution in [0.3, 0.4) is 0 Å². The average Bonchev–Trinajstić information content (AvgIpc) is 2.74. The number of fused-ring (bicyclic) bond motifs is 1. The van der Waals surface area contributed by atoms with Gasteiger partial charge in [-0.1, -0.05) is 97.1 Å². The van der Waals surface area contributed by atoms with Crippen molar-refractivity contribution in [2.45, 2.75) is 16.2 Å². The molecule has 4 aromatic carbocycles. The largest absolute Gasteiger partial charge is 0.290 e. The van der Waals surface area contributed by atoms with Crippen molar-refractivity contribution in [2.75, 3.05) is 13.1 Å². The molecule has 1 heterocycles. The summed E-state index contributed by atoms with van der Waals surface area (Å²) < 4.78 is 0. The van der Waals surface area contributed by atoms with E-state index in [1.807, 2.05) is 11.8 Å². The minimum Gasteiger partial charge on any atom is -0.290 e. The van der Waals surface area contributed by atoms with Crippen LogP contribution in [0.25, 0.3) is 10.8 Å². The lowest BCUT2D eigenvalue weighted by Crippen LogP contribution is -2.50. The Labute approximate surface area is 171 Å². The van der Waals surface area contributed by atoms with Gasteiger partial charge >= 0.3 is 0 Å². The molecule has 0 radical (unpaired) electrons. The Kier molecular flexibility index (Phi) is 4.90. The van der Waals surface area contributed by atoms with E-state index >= 15 is 0 Å². The molecule has 28 heavy (non-hydrogen) atoms. The van der Waals surface area contributed by atoms with Crippen molar-refractivity contribution in [2.24, 2.45) is 0 Å². The molecule has 0 amide bonds. The van der Waals surface area contributed by atoms with Crippen molar-refractivity contribution in [3.8, 4) is 0 Å². The van der Waals surface area contributed by atoms with Gasteiger partial charge in [-0.25, -0.2) is 0 Å². The van der Waals surface area contributed by atoms with Crippen LogP contribution in [0.1, 0.15) is 17.2 Å². The second kappa shape index (κ2) is 7.83. The van der Waals surface area contributed by atoms with Gasteiger partial charge in [-0.3, -0.25) is 4.90 Å². The van der Waals surface area contributed by atoms with E-state index in [9.17, 15) is 0 Å². The minimum atomic E-state index is 0.340. The van der Waals surface area contributed by atoms with Crippen molar-refractivity contribution in [3.05, 3.63) is 114 Å². The zero-order valence-electron chi connectivity index (χ0n) is 15.7. The van der Waals surface area contributed by atoms with Crippen LogP contribution < -0.4 is 0 Å². The zero-order chi connectivity index (χ0) is 18.8. The van der Waals surface area contributed by atoms with Gasteiger partial charge in [0.25, 0.3) is 0 Å². The van der Waals surface area contributed by atoms with Crippen LogP contribution in [-0.4, -0.2) is 23.2 Å². The van der Waals surface area contributed by atoms with E-state index in [1.165, 1.54) is 26.8 Å². The van der Waals surface area contributed by atoms with E-state index < -0.39 is 0 Å². The highest BCUT2D eigenvalue weighted by Gasteiger charge is 2.34. The first-order valence-corrected chi connectivity index (χ1v) is 10.7. The molecule has 1 nitrogen and oxygen atoms in total. The molecular weight excluding hydrogens is 358 g/mol. The van der Waals surface area contributed by atoms with Crippen molar-refractivity contribution < 1.29 is 0 Å². The molecule has 0 unspecified atom stereocenters. The fourth-order valence-electron chi connectivity index (χ4n) is 4.12. The third-order valence-corrected chi connectivity index (χ3v) is 6.76. The van der Waals surface area contributed by atoms with E-state index in [0.29, 0.717) is 11.3 Å². The molecule has 0 aliphatic carbocycles. The van der Waals surface area contributed by atoms with Crippen LogP contribution in [-0.2, 0) is 0 Å². The summed E-state index contributed by atoms with van der Waals surface area (Å²) in [5.74, 6) is 0. The zero-order valence-corrected chi connectivity index (χ0v) is 16.6. The number of nitrogens with zero attached hydrogens (tertiary/aromatic N) is 1. The SMILES string of the molecule is c1ccc(C(c2ccccc2)N2CC(Sc3cccc4ccccc34)C2)cc1. The Morgan fingerprint density at radius 2 is 1.21 bits per heavy atom. The van der Waals surface area contributed by atoms with E-state index in [0.717, 1.165) is 13.1 Å². The number of rotatable bonds is 5. The average molecular weight is 382 g/mol. The highest BCUT2D eigenvalue weighted by Crippen LogP contribution is 2.39. The topological polar surface area (TPSA) is 3.24 Å². The summed E-state index contributed by atoms with van der Waals surface area (Å²) in [6.45, 7) is 2.23. The van der Waals surface area contributed by atoms with Crippen LogP contribution in [0.15, 0.2) is 108 Å². The number of benzene rings is 4. The molecule has 1 fully saturated rings. The molecule has 0 saturated carbocycles. The highest BCUT2D eigenvalue weighted by molar-refractivity contribution is 8.00. The maximum atomic E-state index is 2.60. The molecule has 0 aromatic heterocycles. The molecule has 0 spiro atoms. The Bertz CT molecular complexity index is 1010. The third-order valence-electron chi connectivity index (χ3n) is 5.52. The quantitative estimate of drug-likeness (QED) is 0.393. The summed E-state index contributed by atoms with van der Waals surface area (Å²) in [4.78, 5) is 4.01. The molecule has 5 rings (SSSR count). The van der Waals surface area contributed by atoms with Crippen molar-refractivity contribution in [1.29, 1.82) is 0 Å². The van der Waals surface area contributed by atoms with E-state index in [1.54, 1.807) is 0 Å². The number of thioether (sulfide) groups is 1. The van der Waals surface area contributed by atoms with E-state index in [-0.39, 0.29) is 0 Å². The van der Waals surface area contributed by atoms with Gasteiger partial charge in [-0.05, 0) is 28.0 Å². The summed E-state index contributed by atoms with van der Waals surface area (Å²) in [5, 5.41) is 3.34. The van der Waals surface area contributed by atoms with Crippen LogP contribution >= 0.6 is 11.8 Å². The Balaban J connectivity index is 1.35. The van der Waals surface area contributed by atoms with Gasteiger partial charge in [0, 0.05) is 23.2 Å². The van der Waals surface area contributed by atoms with Gasteiger partial charge in [0.1, 0.15) is 0 Å². The Morgan fingerprint density at radius 1 is 0.643 bits per heavy atom. The first-order chi connectivity index (χ1) is 13.9. The number of hydrogen-bond donors (Lipinski definition) is 0. The van der Waals surface area contributed by atoms with Crippen molar-refractivity contribution in [3.63, 3.8) is 0 Å². The van der Waals surface area contributed by atoms with Crippen molar-refractivity contribution in [1.82, 2.24) is 4.90 Å². The molecule has 1 aliphatic heterocycles.